The molecular formula is C21H25ClN2O3S. The van der Waals surface area contributed by atoms with Crippen LogP contribution in [0.5, 0.6) is 0 Å². The Hall–Kier alpha value is -1.89. The van der Waals surface area contributed by atoms with Crippen molar-refractivity contribution in [3.05, 3.63) is 58.6 Å². The van der Waals surface area contributed by atoms with Gasteiger partial charge in [0, 0.05) is 19.5 Å². The topological polar surface area (TPSA) is 66.5 Å². The zero-order valence-electron chi connectivity index (χ0n) is 15.9. The third kappa shape index (κ3) is 5.13. The number of rotatable bonds is 6. The van der Waals surface area contributed by atoms with Crippen molar-refractivity contribution in [1.29, 1.82) is 0 Å². The molecule has 1 amide bonds. The number of anilines is 1. The molecule has 2 aromatic rings. The van der Waals surface area contributed by atoms with Crippen LogP contribution >= 0.6 is 11.6 Å². The number of hydrogen-bond donors (Lipinski definition) is 1. The number of benzene rings is 2. The smallest absolute Gasteiger partial charge is 0.243 e. The maximum atomic E-state index is 12.7. The summed E-state index contributed by atoms with van der Waals surface area (Å²) in [6.07, 6.45) is 3.73. The Morgan fingerprint density at radius 3 is 2.39 bits per heavy atom. The number of piperidine rings is 1. The molecule has 1 heterocycles. The zero-order valence-corrected chi connectivity index (χ0v) is 17.5. The molecule has 150 valence electrons. The first-order valence-corrected chi connectivity index (χ1v) is 11.3. The Morgan fingerprint density at radius 2 is 1.75 bits per heavy atom. The number of aryl methyl sites for hydroxylation is 2. The number of nitrogens with zero attached hydrogens (tertiary/aromatic N) is 1. The van der Waals surface area contributed by atoms with Crippen molar-refractivity contribution in [2.45, 2.75) is 43.9 Å². The summed E-state index contributed by atoms with van der Waals surface area (Å²) in [4.78, 5) is 12.5. The molecule has 7 heteroatoms. The molecule has 0 aliphatic carbocycles. The highest BCUT2D eigenvalue weighted by Gasteiger charge is 2.25. The summed E-state index contributed by atoms with van der Waals surface area (Å²) < 4.78 is 26.9. The predicted molar refractivity (Wildman–Crippen MR) is 112 cm³/mol. The molecule has 1 aliphatic rings. The minimum Gasteiger partial charge on any atom is -0.325 e. The van der Waals surface area contributed by atoms with Crippen molar-refractivity contribution in [2.75, 3.05) is 18.4 Å². The second-order valence-electron chi connectivity index (χ2n) is 7.14. The molecule has 5 nitrogen and oxygen atoms in total. The molecule has 1 aliphatic heterocycles. The monoisotopic (exact) mass is 420 g/mol. The largest absolute Gasteiger partial charge is 0.325 e. The van der Waals surface area contributed by atoms with Crippen molar-refractivity contribution in [1.82, 2.24) is 4.31 Å². The highest BCUT2D eigenvalue weighted by atomic mass is 35.5. The number of amides is 1. The molecule has 0 atom stereocenters. The van der Waals surface area contributed by atoms with Crippen LogP contribution in [0.25, 0.3) is 0 Å². The molecule has 0 bridgehead atoms. The second kappa shape index (κ2) is 9.07. The number of hydrogen-bond acceptors (Lipinski definition) is 3. The molecule has 1 saturated heterocycles. The number of sulfonamides is 1. The average molecular weight is 421 g/mol. The highest BCUT2D eigenvalue weighted by Crippen LogP contribution is 2.23. The van der Waals surface area contributed by atoms with Crippen molar-refractivity contribution < 1.29 is 13.2 Å². The molecule has 3 rings (SSSR count). The van der Waals surface area contributed by atoms with Crippen LogP contribution in [0.1, 0.15) is 36.8 Å². The van der Waals surface area contributed by atoms with E-state index < -0.39 is 10.0 Å². The van der Waals surface area contributed by atoms with E-state index in [1.165, 1.54) is 0 Å². The van der Waals surface area contributed by atoms with Crippen LogP contribution in [-0.4, -0.2) is 31.7 Å². The first-order valence-electron chi connectivity index (χ1n) is 9.51. The molecule has 0 radical (unpaired) electrons. The van der Waals surface area contributed by atoms with Gasteiger partial charge in [-0.05, 0) is 61.6 Å². The van der Waals surface area contributed by atoms with E-state index in [-0.39, 0.29) is 5.91 Å². The fraction of sp³-hybridized carbons (Fsp3) is 0.381. The molecule has 1 N–H and O–H groups in total. The van der Waals surface area contributed by atoms with Crippen LogP contribution in [0.4, 0.5) is 5.69 Å². The molecular weight excluding hydrogens is 396 g/mol. The Bertz CT molecular complexity index is 937. The Labute approximate surface area is 171 Å². The first kappa shape index (κ1) is 20.8. The number of halogens is 1. The van der Waals surface area contributed by atoms with E-state index in [1.54, 1.807) is 40.7 Å². The molecule has 0 unspecified atom stereocenters. The third-order valence-corrected chi connectivity index (χ3v) is 7.14. The van der Waals surface area contributed by atoms with Gasteiger partial charge >= 0.3 is 0 Å². The van der Waals surface area contributed by atoms with Crippen LogP contribution < -0.4 is 5.32 Å². The molecule has 0 spiro atoms. The van der Waals surface area contributed by atoms with E-state index in [2.05, 4.69) is 5.32 Å². The quantitative estimate of drug-likeness (QED) is 0.753. The first-order chi connectivity index (χ1) is 13.4. The molecule has 0 aromatic heterocycles. The maximum Gasteiger partial charge on any atom is 0.243 e. The van der Waals surface area contributed by atoms with Crippen LogP contribution in [0.2, 0.25) is 5.02 Å². The van der Waals surface area contributed by atoms with Crippen molar-refractivity contribution in [2.24, 2.45) is 0 Å². The van der Waals surface area contributed by atoms with Crippen LogP contribution in [0.3, 0.4) is 0 Å². The Kier molecular flexibility index (Phi) is 6.75. The Balaban J connectivity index is 1.57. The van der Waals surface area contributed by atoms with E-state index in [1.807, 2.05) is 13.0 Å². The van der Waals surface area contributed by atoms with E-state index in [0.29, 0.717) is 41.5 Å². The van der Waals surface area contributed by atoms with Gasteiger partial charge < -0.3 is 5.32 Å². The highest BCUT2D eigenvalue weighted by molar-refractivity contribution is 7.89. The lowest BCUT2D eigenvalue weighted by Gasteiger charge is -2.25. The minimum atomic E-state index is -3.42. The predicted octanol–water partition coefficient (Wildman–Crippen LogP) is 4.39. The van der Waals surface area contributed by atoms with Gasteiger partial charge in [-0.25, -0.2) is 8.42 Å². The summed E-state index contributed by atoms with van der Waals surface area (Å²) in [7, 11) is -3.42. The van der Waals surface area contributed by atoms with E-state index >= 15 is 0 Å². The van der Waals surface area contributed by atoms with Crippen LogP contribution in [0.15, 0.2) is 47.4 Å². The van der Waals surface area contributed by atoms with E-state index in [4.69, 9.17) is 11.6 Å². The lowest BCUT2D eigenvalue weighted by molar-refractivity contribution is -0.116. The minimum absolute atomic E-state index is 0.129. The third-order valence-electron chi connectivity index (χ3n) is 4.92. The SMILES string of the molecule is Cc1ccc(NC(=O)CCc2ccc(S(=O)(=O)N3CCCCC3)cc2)c(Cl)c1. The maximum absolute atomic E-state index is 12.7. The number of carbonyl (C=O) groups excluding carboxylic acids is 1. The van der Waals surface area contributed by atoms with Gasteiger partial charge in [0.15, 0.2) is 0 Å². The normalized spacial score (nSPS) is 15.4. The van der Waals surface area contributed by atoms with Crippen LogP contribution in [0, 0.1) is 6.92 Å². The van der Waals surface area contributed by atoms with Gasteiger partial charge in [-0.15, -0.1) is 0 Å². The van der Waals surface area contributed by atoms with Gasteiger partial charge in [0.25, 0.3) is 0 Å². The molecule has 1 fully saturated rings. The van der Waals surface area contributed by atoms with Gasteiger partial charge in [0.05, 0.1) is 15.6 Å². The Morgan fingerprint density at radius 1 is 1.07 bits per heavy atom. The van der Waals surface area contributed by atoms with Crippen molar-refractivity contribution in [3.63, 3.8) is 0 Å². The fourth-order valence-corrected chi connectivity index (χ4v) is 5.07. The fourth-order valence-electron chi connectivity index (χ4n) is 3.27. The summed E-state index contributed by atoms with van der Waals surface area (Å²) in [6, 6.07) is 12.3. The van der Waals surface area contributed by atoms with Gasteiger partial charge in [-0.2, -0.15) is 4.31 Å². The van der Waals surface area contributed by atoms with Gasteiger partial charge in [0.2, 0.25) is 15.9 Å². The van der Waals surface area contributed by atoms with Gasteiger partial charge in [0.1, 0.15) is 0 Å². The average Bonchev–Trinajstić information content (AvgIpc) is 2.69. The molecule has 28 heavy (non-hydrogen) atoms. The molecule has 0 saturated carbocycles. The lowest BCUT2D eigenvalue weighted by atomic mass is 10.1. The zero-order chi connectivity index (χ0) is 20.1. The summed E-state index contributed by atoms with van der Waals surface area (Å²) in [5, 5.41) is 3.33. The summed E-state index contributed by atoms with van der Waals surface area (Å²) in [5.74, 6) is -0.129. The summed E-state index contributed by atoms with van der Waals surface area (Å²) in [5.41, 5.74) is 2.55. The van der Waals surface area contributed by atoms with Gasteiger partial charge in [-0.3, -0.25) is 4.79 Å². The lowest BCUT2D eigenvalue weighted by Crippen LogP contribution is -2.35. The van der Waals surface area contributed by atoms with Crippen LogP contribution in [-0.2, 0) is 21.2 Å². The van der Waals surface area contributed by atoms with Crippen molar-refractivity contribution >= 4 is 33.2 Å². The summed E-state index contributed by atoms with van der Waals surface area (Å²) in [6.45, 7) is 3.12. The number of carbonyl (C=O) groups is 1. The summed E-state index contributed by atoms with van der Waals surface area (Å²) >= 11 is 6.14. The van der Waals surface area contributed by atoms with Crippen molar-refractivity contribution in [3.8, 4) is 0 Å². The second-order valence-corrected chi connectivity index (χ2v) is 9.49. The van der Waals surface area contributed by atoms with E-state index in [9.17, 15) is 13.2 Å². The molecule has 2 aromatic carbocycles. The standard InChI is InChI=1S/C21H25ClN2O3S/c1-16-5-11-20(19(22)15-16)23-21(25)12-8-17-6-9-18(10-7-17)28(26,27)24-13-3-2-4-14-24/h5-7,9-11,15H,2-4,8,12-14H2,1H3,(H,23,25). The van der Waals surface area contributed by atoms with E-state index in [0.717, 1.165) is 30.4 Å². The number of nitrogens with one attached hydrogen (secondary N) is 1. The van der Waals surface area contributed by atoms with Gasteiger partial charge in [-0.1, -0.05) is 36.2 Å².